The Morgan fingerprint density at radius 3 is 2.58 bits per heavy atom. The van der Waals surface area contributed by atoms with Crippen LogP contribution >= 0.6 is 0 Å². The summed E-state index contributed by atoms with van der Waals surface area (Å²) in [6.45, 7) is 6.60. The molecule has 2 amide bonds. The molecule has 0 aromatic heterocycles. The zero-order chi connectivity index (χ0) is 17.9. The van der Waals surface area contributed by atoms with Gasteiger partial charge in [0.1, 0.15) is 11.8 Å². The van der Waals surface area contributed by atoms with Crippen molar-refractivity contribution in [1.29, 1.82) is 0 Å². The minimum Gasteiger partial charge on any atom is -0.481 e. The fourth-order valence-electron chi connectivity index (χ4n) is 3.02. The van der Waals surface area contributed by atoms with Crippen molar-refractivity contribution in [2.45, 2.75) is 51.7 Å². The number of likely N-dealkylation sites (N-methyl/N-ethyl adjacent to an activating group) is 1. The topological polar surface area (TPSA) is 49.9 Å². The maximum atomic E-state index is 12.7. The Balaban J connectivity index is 2.06. The average molecular weight is 332 g/mol. The van der Waals surface area contributed by atoms with Crippen molar-refractivity contribution >= 4 is 11.8 Å². The number of benzene rings is 1. The van der Waals surface area contributed by atoms with Crippen LogP contribution in [0.15, 0.2) is 24.3 Å². The van der Waals surface area contributed by atoms with E-state index < -0.39 is 6.10 Å². The van der Waals surface area contributed by atoms with E-state index in [-0.39, 0.29) is 17.9 Å². The van der Waals surface area contributed by atoms with Crippen LogP contribution in [0.5, 0.6) is 5.75 Å². The van der Waals surface area contributed by atoms with Gasteiger partial charge >= 0.3 is 0 Å². The predicted octanol–water partition coefficient (Wildman–Crippen LogP) is 2.66. The van der Waals surface area contributed by atoms with Gasteiger partial charge in [0.15, 0.2) is 6.10 Å². The van der Waals surface area contributed by atoms with E-state index in [4.69, 9.17) is 4.74 Å². The SMILES string of the molecule is CC(Oc1cccc(C(C)C)c1)C(=O)N1CCCC1C(=O)N(C)C. The molecule has 1 fully saturated rings. The molecule has 1 aliphatic rings. The van der Waals surface area contributed by atoms with E-state index in [2.05, 4.69) is 19.9 Å². The summed E-state index contributed by atoms with van der Waals surface area (Å²) in [6.07, 6.45) is 0.965. The van der Waals surface area contributed by atoms with Gasteiger partial charge in [0, 0.05) is 20.6 Å². The normalized spacial score (nSPS) is 18.6. The van der Waals surface area contributed by atoms with Crippen molar-refractivity contribution in [3.63, 3.8) is 0 Å². The summed E-state index contributed by atoms with van der Waals surface area (Å²) in [4.78, 5) is 28.2. The Morgan fingerprint density at radius 2 is 1.96 bits per heavy atom. The van der Waals surface area contributed by atoms with Gasteiger partial charge in [-0.15, -0.1) is 0 Å². The van der Waals surface area contributed by atoms with E-state index in [1.807, 2.05) is 18.2 Å². The Labute approximate surface area is 144 Å². The lowest BCUT2D eigenvalue weighted by Crippen LogP contribution is -2.49. The lowest BCUT2D eigenvalue weighted by atomic mass is 10.0. The molecule has 1 aromatic rings. The van der Waals surface area contributed by atoms with E-state index in [1.165, 1.54) is 5.56 Å². The number of nitrogens with zero attached hydrogens (tertiary/aromatic N) is 2. The van der Waals surface area contributed by atoms with Gasteiger partial charge in [-0.1, -0.05) is 26.0 Å². The highest BCUT2D eigenvalue weighted by Crippen LogP contribution is 2.23. The number of ether oxygens (including phenoxy) is 1. The molecule has 2 unspecified atom stereocenters. The van der Waals surface area contributed by atoms with Crippen molar-refractivity contribution in [3.05, 3.63) is 29.8 Å². The van der Waals surface area contributed by atoms with Crippen LogP contribution < -0.4 is 4.74 Å². The van der Waals surface area contributed by atoms with Gasteiger partial charge in [0.25, 0.3) is 5.91 Å². The second-order valence-electron chi connectivity index (χ2n) is 6.91. The fraction of sp³-hybridized carbons (Fsp3) is 0.579. The zero-order valence-electron chi connectivity index (χ0n) is 15.3. The van der Waals surface area contributed by atoms with Crippen LogP contribution in [0.4, 0.5) is 0 Å². The second-order valence-corrected chi connectivity index (χ2v) is 6.91. The lowest BCUT2D eigenvalue weighted by molar-refractivity contribution is -0.146. The highest BCUT2D eigenvalue weighted by molar-refractivity contribution is 5.89. The largest absolute Gasteiger partial charge is 0.481 e. The Bertz CT molecular complexity index is 598. The van der Waals surface area contributed by atoms with Gasteiger partial charge in [-0.3, -0.25) is 9.59 Å². The van der Waals surface area contributed by atoms with E-state index in [0.29, 0.717) is 18.2 Å². The van der Waals surface area contributed by atoms with Gasteiger partial charge in [-0.2, -0.15) is 0 Å². The maximum absolute atomic E-state index is 12.7. The zero-order valence-corrected chi connectivity index (χ0v) is 15.3. The van der Waals surface area contributed by atoms with E-state index >= 15 is 0 Å². The lowest BCUT2D eigenvalue weighted by Gasteiger charge is -2.28. The smallest absolute Gasteiger partial charge is 0.264 e. The van der Waals surface area contributed by atoms with Gasteiger partial charge in [0.05, 0.1) is 0 Å². The number of amides is 2. The molecule has 24 heavy (non-hydrogen) atoms. The van der Waals surface area contributed by atoms with Crippen molar-refractivity contribution in [3.8, 4) is 5.75 Å². The average Bonchev–Trinajstić information content (AvgIpc) is 3.02. The van der Waals surface area contributed by atoms with Gasteiger partial charge in [-0.05, 0) is 43.4 Å². The molecular weight excluding hydrogens is 304 g/mol. The number of carbonyl (C=O) groups excluding carboxylic acids is 2. The minimum absolute atomic E-state index is 0.0187. The van der Waals surface area contributed by atoms with Crippen molar-refractivity contribution < 1.29 is 14.3 Å². The van der Waals surface area contributed by atoms with Crippen LogP contribution in [0.1, 0.15) is 45.1 Å². The molecule has 2 rings (SSSR count). The molecule has 0 bridgehead atoms. The summed E-state index contributed by atoms with van der Waals surface area (Å²) in [7, 11) is 3.45. The maximum Gasteiger partial charge on any atom is 0.264 e. The summed E-state index contributed by atoms with van der Waals surface area (Å²) in [6, 6.07) is 7.47. The summed E-state index contributed by atoms with van der Waals surface area (Å²) in [5.74, 6) is 0.953. The van der Waals surface area contributed by atoms with Crippen LogP contribution in [0.2, 0.25) is 0 Å². The van der Waals surface area contributed by atoms with Gasteiger partial charge < -0.3 is 14.5 Å². The molecule has 1 aromatic carbocycles. The first kappa shape index (κ1) is 18.3. The quantitative estimate of drug-likeness (QED) is 0.833. The van der Waals surface area contributed by atoms with Gasteiger partial charge in [0.2, 0.25) is 5.91 Å². The molecule has 0 aliphatic carbocycles. The highest BCUT2D eigenvalue weighted by Gasteiger charge is 2.37. The Morgan fingerprint density at radius 1 is 1.25 bits per heavy atom. The molecule has 1 saturated heterocycles. The molecular formula is C19H28N2O3. The molecule has 0 radical (unpaired) electrons. The molecule has 132 valence electrons. The Hall–Kier alpha value is -2.04. The number of hydrogen-bond donors (Lipinski definition) is 0. The number of rotatable bonds is 5. The first-order valence-corrected chi connectivity index (χ1v) is 8.59. The van der Waals surface area contributed by atoms with E-state index in [1.54, 1.807) is 30.8 Å². The van der Waals surface area contributed by atoms with Gasteiger partial charge in [-0.25, -0.2) is 0 Å². The third-order valence-electron chi connectivity index (χ3n) is 4.45. The highest BCUT2D eigenvalue weighted by atomic mass is 16.5. The molecule has 5 nitrogen and oxygen atoms in total. The third kappa shape index (κ3) is 4.08. The summed E-state index contributed by atoms with van der Waals surface area (Å²) < 4.78 is 5.85. The molecule has 1 heterocycles. The van der Waals surface area contributed by atoms with Crippen molar-refractivity contribution in [2.75, 3.05) is 20.6 Å². The second kappa shape index (κ2) is 7.69. The summed E-state index contributed by atoms with van der Waals surface area (Å²) in [5, 5.41) is 0. The third-order valence-corrected chi connectivity index (χ3v) is 4.45. The first-order chi connectivity index (χ1) is 11.3. The van der Waals surface area contributed by atoms with E-state index in [9.17, 15) is 9.59 Å². The van der Waals surface area contributed by atoms with Crippen LogP contribution in [0, 0.1) is 0 Å². The van der Waals surface area contributed by atoms with Crippen LogP contribution in [0.3, 0.4) is 0 Å². The predicted molar refractivity (Wildman–Crippen MR) is 94.1 cm³/mol. The van der Waals surface area contributed by atoms with E-state index in [0.717, 1.165) is 12.8 Å². The number of hydrogen-bond acceptors (Lipinski definition) is 3. The van der Waals surface area contributed by atoms with Crippen LogP contribution in [0.25, 0.3) is 0 Å². The Kier molecular flexibility index (Phi) is 5.86. The molecule has 0 N–H and O–H groups in total. The standard InChI is InChI=1S/C19H28N2O3/c1-13(2)15-8-6-9-16(12-15)24-14(3)18(22)21-11-7-10-17(21)19(23)20(4)5/h6,8-9,12-14,17H,7,10-11H2,1-5H3. The monoisotopic (exact) mass is 332 g/mol. The summed E-state index contributed by atoms with van der Waals surface area (Å²) in [5.41, 5.74) is 1.17. The van der Waals surface area contributed by atoms with Crippen LogP contribution in [-0.2, 0) is 9.59 Å². The van der Waals surface area contributed by atoms with Crippen LogP contribution in [-0.4, -0.2) is 54.4 Å². The number of carbonyl (C=O) groups is 2. The fourth-order valence-corrected chi connectivity index (χ4v) is 3.02. The summed E-state index contributed by atoms with van der Waals surface area (Å²) >= 11 is 0. The molecule has 0 saturated carbocycles. The van der Waals surface area contributed by atoms with Crippen molar-refractivity contribution in [1.82, 2.24) is 9.80 Å². The molecule has 1 aliphatic heterocycles. The minimum atomic E-state index is -0.608. The molecule has 5 heteroatoms. The molecule has 2 atom stereocenters. The molecule has 0 spiro atoms. The number of likely N-dealkylation sites (tertiary alicyclic amines) is 1. The van der Waals surface area contributed by atoms with Crippen molar-refractivity contribution in [2.24, 2.45) is 0 Å². The first-order valence-electron chi connectivity index (χ1n) is 8.59.